The van der Waals surface area contributed by atoms with Crippen molar-refractivity contribution < 1.29 is 0 Å². The van der Waals surface area contributed by atoms with E-state index in [1.165, 1.54) is 17.7 Å². The van der Waals surface area contributed by atoms with E-state index < -0.39 is 0 Å². The van der Waals surface area contributed by atoms with Crippen LogP contribution in [0.1, 0.15) is 17.5 Å². The van der Waals surface area contributed by atoms with E-state index in [-0.39, 0.29) is 0 Å². The number of fused-ring (bicyclic) bond motifs is 1. The minimum absolute atomic E-state index is 0.708. The van der Waals surface area contributed by atoms with Gasteiger partial charge in [-0.2, -0.15) is 5.26 Å². The maximum absolute atomic E-state index is 8.79. The first-order valence-electron chi connectivity index (χ1n) is 5.82. The molecule has 0 unspecified atom stereocenters. The summed E-state index contributed by atoms with van der Waals surface area (Å²) < 4.78 is 0. The second-order valence-corrected chi connectivity index (χ2v) is 4.28. The summed E-state index contributed by atoms with van der Waals surface area (Å²) in [6.45, 7) is 1.04. The number of aromatic amines is 1. The van der Waals surface area contributed by atoms with Crippen molar-refractivity contribution in [3.05, 3.63) is 47.8 Å². The molecule has 0 saturated carbocycles. The molecule has 3 nitrogen and oxygen atoms in total. The third-order valence-electron chi connectivity index (χ3n) is 3.23. The van der Waals surface area contributed by atoms with Crippen molar-refractivity contribution in [3.8, 4) is 6.07 Å². The Kier molecular flexibility index (Phi) is 2.34. The summed E-state index contributed by atoms with van der Waals surface area (Å²) in [7, 11) is 0. The van der Waals surface area contributed by atoms with E-state index in [2.05, 4.69) is 22.1 Å². The number of nitriles is 1. The van der Waals surface area contributed by atoms with Crippen molar-refractivity contribution in [3.63, 3.8) is 0 Å². The van der Waals surface area contributed by atoms with Crippen LogP contribution in [0.4, 0.5) is 11.4 Å². The molecule has 0 aliphatic carbocycles. The molecule has 0 saturated heterocycles. The van der Waals surface area contributed by atoms with E-state index in [0.717, 1.165) is 18.7 Å². The van der Waals surface area contributed by atoms with Crippen molar-refractivity contribution in [1.82, 2.24) is 4.98 Å². The lowest BCUT2D eigenvalue weighted by Crippen LogP contribution is -2.23. The molecule has 0 atom stereocenters. The molecular weight excluding hydrogens is 210 g/mol. The van der Waals surface area contributed by atoms with Crippen LogP contribution in [-0.4, -0.2) is 11.5 Å². The maximum atomic E-state index is 8.79. The Morgan fingerprint density at radius 2 is 2.00 bits per heavy atom. The topological polar surface area (TPSA) is 42.8 Å². The zero-order valence-electron chi connectivity index (χ0n) is 9.48. The number of hydrogen-bond donors (Lipinski definition) is 1. The lowest BCUT2D eigenvalue weighted by atomic mass is 10.1. The van der Waals surface area contributed by atoms with Gasteiger partial charge in [-0.15, -0.1) is 0 Å². The van der Waals surface area contributed by atoms with Gasteiger partial charge in [-0.25, -0.2) is 0 Å². The van der Waals surface area contributed by atoms with Crippen LogP contribution in [0.15, 0.2) is 36.7 Å². The Morgan fingerprint density at radius 3 is 2.76 bits per heavy atom. The lowest BCUT2D eigenvalue weighted by molar-refractivity contribution is 0.771. The standard InChI is InChI=1S/C14H13N3/c15-8-11-3-5-13(6-4-11)17-7-1-2-12-9-16-10-14(12)17/h3-6,9-10,16H,1-2,7H2. The second-order valence-electron chi connectivity index (χ2n) is 4.28. The summed E-state index contributed by atoms with van der Waals surface area (Å²) >= 11 is 0. The van der Waals surface area contributed by atoms with Gasteiger partial charge in [-0.1, -0.05) is 0 Å². The highest BCUT2D eigenvalue weighted by Gasteiger charge is 2.18. The van der Waals surface area contributed by atoms with Crippen molar-refractivity contribution >= 4 is 11.4 Å². The minimum atomic E-state index is 0.708. The number of nitrogens with zero attached hydrogens (tertiary/aromatic N) is 2. The molecule has 1 aromatic heterocycles. The summed E-state index contributed by atoms with van der Waals surface area (Å²) in [5.74, 6) is 0. The monoisotopic (exact) mass is 223 g/mol. The van der Waals surface area contributed by atoms with Gasteiger partial charge in [0.15, 0.2) is 0 Å². The van der Waals surface area contributed by atoms with Crippen LogP contribution in [0.2, 0.25) is 0 Å². The van der Waals surface area contributed by atoms with Gasteiger partial charge < -0.3 is 9.88 Å². The number of anilines is 2. The van der Waals surface area contributed by atoms with Crippen LogP contribution >= 0.6 is 0 Å². The molecule has 0 radical (unpaired) electrons. The molecule has 1 aromatic carbocycles. The molecule has 0 spiro atoms. The zero-order chi connectivity index (χ0) is 11.7. The molecule has 17 heavy (non-hydrogen) atoms. The molecule has 2 heterocycles. The number of benzene rings is 1. The van der Waals surface area contributed by atoms with Gasteiger partial charge in [0.1, 0.15) is 0 Å². The van der Waals surface area contributed by atoms with Crippen molar-refractivity contribution in [2.75, 3.05) is 11.4 Å². The Morgan fingerprint density at radius 1 is 1.18 bits per heavy atom. The molecule has 2 aromatic rings. The fourth-order valence-corrected chi connectivity index (χ4v) is 2.37. The largest absolute Gasteiger partial charge is 0.366 e. The van der Waals surface area contributed by atoms with Crippen LogP contribution in [0.5, 0.6) is 0 Å². The van der Waals surface area contributed by atoms with E-state index in [9.17, 15) is 0 Å². The number of nitrogens with one attached hydrogen (secondary N) is 1. The van der Waals surface area contributed by atoms with Gasteiger partial charge in [0.2, 0.25) is 0 Å². The van der Waals surface area contributed by atoms with Crippen LogP contribution in [0.25, 0.3) is 0 Å². The molecule has 1 aliphatic rings. The maximum Gasteiger partial charge on any atom is 0.0991 e. The van der Waals surface area contributed by atoms with Crippen LogP contribution in [0, 0.1) is 11.3 Å². The summed E-state index contributed by atoms with van der Waals surface area (Å²) in [5.41, 5.74) is 4.51. The van der Waals surface area contributed by atoms with Crippen molar-refractivity contribution in [1.29, 1.82) is 5.26 Å². The molecule has 1 aliphatic heterocycles. The average molecular weight is 223 g/mol. The smallest absolute Gasteiger partial charge is 0.0991 e. The molecule has 0 bridgehead atoms. The third kappa shape index (κ3) is 1.68. The highest BCUT2D eigenvalue weighted by atomic mass is 15.1. The zero-order valence-corrected chi connectivity index (χ0v) is 9.48. The van der Waals surface area contributed by atoms with Gasteiger partial charge in [-0.05, 0) is 42.7 Å². The molecule has 1 N–H and O–H groups in total. The van der Waals surface area contributed by atoms with Crippen molar-refractivity contribution in [2.45, 2.75) is 12.8 Å². The number of aromatic nitrogens is 1. The Bertz CT molecular complexity index is 560. The molecule has 3 rings (SSSR count). The lowest BCUT2D eigenvalue weighted by Gasteiger charge is -2.29. The van der Waals surface area contributed by atoms with Crippen LogP contribution in [-0.2, 0) is 6.42 Å². The van der Waals surface area contributed by atoms with E-state index in [1.807, 2.05) is 30.5 Å². The van der Waals surface area contributed by atoms with E-state index in [0.29, 0.717) is 5.56 Å². The Labute approximate surface area is 100 Å². The predicted molar refractivity (Wildman–Crippen MR) is 67.3 cm³/mol. The van der Waals surface area contributed by atoms with E-state index >= 15 is 0 Å². The number of rotatable bonds is 1. The Hall–Kier alpha value is -2.21. The summed E-state index contributed by atoms with van der Waals surface area (Å²) in [5, 5.41) is 8.79. The number of aryl methyl sites for hydroxylation is 1. The first-order chi connectivity index (χ1) is 8.38. The predicted octanol–water partition coefficient (Wildman–Crippen LogP) is 2.97. The molecule has 0 amide bonds. The quantitative estimate of drug-likeness (QED) is 0.807. The van der Waals surface area contributed by atoms with E-state index in [1.54, 1.807) is 0 Å². The van der Waals surface area contributed by atoms with Gasteiger partial charge >= 0.3 is 0 Å². The van der Waals surface area contributed by atoms with Gasteiger partial charge in [0.05, 0.1) is 17.3 Å². The number of hydrogen-bond acceptors (Lipinski definition) is 2. The van der Waals surface area contributed by atoms with Gasteiger partial charge in [-0.3, -0.25) is 0 Å². The third-order valence-corrected chi connectivity index (χ3v) is 3.23. The van der Waals surface area contributed by atoms with E-state index in [4.69, 9.17) is 5.26 Å². The highest BCUT2D eigenvalue weighted by Crippen LogP contribution is 2.33. The fraction of sp³-hybridized carbons (Fsp3) is 0.214. The normalized spacial score (nSPS) is 14.2. The fourth-order valence-electron chi connectivity index (χ4n) is 2.37. The average Bonchev–Trinajstić information content (AvgIpc) is 2.87. The van der Waals surface area contributed by atoms with Crippen LogP contribution in [0.3, 0.4) is 0 Å². The first-order valence-corrected chi connectivity index (χ1v) is 5.82. The second kappa shape index (κ2) is 3.99. The van der Waals surface area contributed by atoms with Gasteiger partial charge in [0.25, 0.3) is 0 Å². The summed E-state index contributed by atoms with van der Waals surface area (Å²) in [4.78, 5) is 5.47. The first kappa shape index (κ1) is 9.98. The minimum Gasteiger partial charge on any atom is -0.366 e. The molecule has 0 fully saturated rings. The number of H-pyrrole nitrogens is 1. The molecule has 84 valence electrons. The molecular formula is C14H13N3. The summed E-state index contributed by atoms with van der Waals surface area (Å²) in [6.07, 6.45) is 6.44. The summed E-state index contributed by atoms with van der Waals surface area (Å²) in [6, 6.07) is 9.92. The highest BCUT2D eigenvalue weighted by molar-refractivity contribution is 5.67. The van der Waals surface area contributed by atoms with Crippen molar-refractivity contribution in [2.24, 2.45) is 0 Å². The molecule has 3 heteroatoms. The van der Waals surface area contributed by atoms with Gasteiger partial charge in [0, 0.05) is 24.6 Å². The van der Waals surface area contributed by atoms with Crippen LogP contribution < -0.4 is 4.90 Å². The SMILES string of the molecule is N#Cc1ccc(N2CCCc3c[nH]cc32)cc1. The Balaban J connectivity index is 1.98.